The van der Waals surface area contributed by atoms with Crippen molar-refractivity contribution in [1.82, 2.24) is 15.3 Å². The molecule has 37 heavy (non-hydrogen) atoms. The first-order valence-electron chi connectivity index (χ1n) is 12.1. The molecule has 2 N–H and O–H groups in total. The van der Waals surface area contributed by atoms with Gasteiger partial charge in [-0.15, -0.1) is 0 Å². The van der Waals surface area contributed by atoms with Gasteiger partial charge in [-0.3, -0.25) is 4.79 Å². The summed E-state index contributed by atoms with van der Waals surface area (Å²) in [7, 11) is 1.92. The summed E-state index contributed by atoms with van der Waals surface area (Å²) in [6.45, 7) is 1.09. The monoisotopic (exact) mass is 496 g/mol. The highest BCUT2D eigenvalue weighted by molar-refractivity contribution is 5.99. The van der Waals surface area contributed by atoms with Gasteiger partial charge in [0.2, 0.25) is 12.7 Å². The number of anilines is 1. The number of aliphatic hydroxyl groups is 1. The van der Waals surface area contributed by atoms with Crippen molar-refractivity contribution in [3.05, 3.63) is 102 Å². The lowest BCUT2D eigenvalue weighted by Gasteiger charge is -2.19. The van der Waals surface area contributed by atoms with E-state index in [1.54, 1.807) is 24.4 Å². The van der Waals surface area contributed by atoms with Gasteiger partial charge in [-0.25, -0.2) is 9.97 Å². The van der Waals surface area contributed by atoms with Crippen LogP contribution in [0.4, 0.5) is 5.95 Å². The molecule has 8 nitrogen and oxygen atoms in total. The molecule has 0 saturated carbocycles. The van der Waals surface area contributed by atoms with Crippen LogP contribution in [0.15, 0.2) is 85.1 Å². The lowest BCUT2D eigenvalue weighted by Crippen LogP contribution is -2.27. The quantitative estimate of drug-likeness (QED) is 0.355. The maximum atomic E-state index is 13.2. The summed E-state index contributed by atoms with van der Waals surface area (Å²) in [6.07, 6.45) is 1.15. The predicted molar refractivity (Wildman–Crippen MR) is 140 cm³/mol. The van der Waals surface area contributed by atoms with E-state index in [2.05, 4.69) is 22.4 Å². The molecule has 1 aliphatic rings. The van der Waals surface area contributed by atoms with Crippen LogP contribution in [0.2, 0.25) is 0 Å². The molecule has 0 aliphatic carbocycles. The number of hydrogen-bond donors (Lipinski definition) is 2. The fraction of sp³-hybridized carbons (Fsp3) is 0.207. The normalized spacial score (nSPS) is 12.7. The Labute approximate surface area is 215 Å². The molecule has 1 unspecified atom stereocenters. The van der Waals surface area contributed by atoms with Gasteiger partial charge >= 0.3 is 0 Å². The Morgan fingerprint density at radius 1 is 1.03 bits per heavy atom. The highest BCUT2D eigenvalue weighted by Crippen LogP contribution is 2.34. The minimum atomic E-state index is -0.756. The molecule has 4 aromatic rings. The number of benzene rings is 3. The smallest absolute Gasteiger partial charge is 0.255 e. The molecule has 0 radical (unpaired) electrons. The molecule has 2 heterocycles. The van der Waals surface area contributed by atoms with Crippen molar-refractivity contribution in [3.63, 3.8) is 0 Å². The minimum Gasteiger partial charge on any atom is -0.454 e. The number of rotatable bonds is 9. The molecule has 0 bridgehead atoms. The maximum Gasteiger partial charge on any atom is 0.255 e. The molecule has 0 fully saturated rings. The van der Waals surface area contributed by atoms with Crippen LogP contribution in [0.5, 0.6) is 11.5 Å². The molecule has 1 amide bonds. The number of nitrogens with one attached hydrogen (secondary N) is 1. The van der Waals surface area contributed by atoms with Gasteiger partial charge in [0.1, 0.15) is 0 Å². The first kappa shape index (κ1) is 24.3. The zero-order chi connectivity index (χ0) is 25.6. The summed E-state index contributed by atoms with van der Waals surface area (Å²) in [4.78, 5) is 24.4. The molecule has 1 atom stereocenters. The van der Waals surface area contributed by atoms with Crippen LogP contribution in [0.1, 0.15) is 34.0 Å². The van der Waals surface area contributed by atoms with E-state index in [0.717, 1.165) is 11.1 Å². The van der Waals surface area contributed by atoms with Crippen molar-refractivity contribution < 1.29 is 19.4 Å². The fourth-order valence-electron chi connectivity index (χ4n) is 4.17. The van der Waals surface area contributed by atoms with E-state index in [0.29, 0.717) is 47.2 Å². The Bertz CT molecular complexity index is 1370. The zero-order valence-electron chi connectivity index (χ0n) is 20.5. The van der Waals surface area contributed by atoms with Gasteiger partial charge in [-0.05, 0) is 29.7 Å². The molecule has 1 aliphatic heterocycles. The van der Waals surface area contributed by atoms with Gasteiger partial charge in [0.25, 0.3) is 5.91 Å². The zero-order valence-corrected chi connectivity index (χ0v) is 20.5. The van der Waals surface area contributed by atoms with E-state index >= 15 is 0 Å². The van der Waals surface area contributed by atoms with E-state index in [1.807, 2.05) is 60.5 Å². The highest BCUT2D eigenvalue weighted by Gasteiger charge is 2.20. The number of ether oxygens (including phenoxy) is 2. The van der Waals surface area contributed by atoms with Crippen molar-refractivity contribution in [2.24, 2.45) is 0 Å². The van der Waals surface area contributed by atoms with Gasteiger partial charge in [0, 0.05) is 31.9 Å². The van der Waals surface area contributed by atoms with E-state index < -0.39 is 6.10 Å². The van der Waals surface area contributed by atoms with Gasteiger partial charge in [-0.2, -0.15) is 0 Å². The van der Waals surface area contributed by atoms with Gasteiger partial charge in [0.15, 0.2) is 11.5 Å². The second kappa shape index (κ2) is 11.1. The van der Waals surface area contributed by atoms with Gasteiger partial charge in [0.05, 0.1) is 17.4 Å². The summed E-state index contributed by atoms with van der Waals surface area (Å²) in [6, 6.07) is 25.0. The van der Waals surface area contributed by atoms with Gasteiger partial charge in [-0.1, -0.05) is 66.7 Å². The number of aliphatic hydroxyl groups excluding tert-OH is 1. The Morgan fingerprint density at radius 3 is 2.54 bits per heavy atom. The largest absolute Gasteiger partial charge is 0.454 e. The van der Waals surface area contributed by atoms with E-state index in [1.165, 1.54) is 0 Å². The first-order chi connectivity index (χ1) is 18.1. The van der Waals surface area contributed by atoms with Crippen LogP contribution >= 0.6 is 0 Å². The van der Waals surface area contributed by atoms with Crippen LogP contribution in [0.3, 0.4) is 0 Å². The van der Waals surface area contributed by atoms with Gasteiger partial charge < -0.3 is 24.8 Å². The summed E-state index contributed by atoms with van der Waals surface area (Å²) in [5.41, 5.74) is 3.60. The van der Waals surface area contributed by atoms with Crippen LogP contribution in [-0.2, 0) is 6.54 Å². The fourth-order valence-corrected chi connectivity index (χ4v) is 4.17. The molecule has 0 saturated heterocycles. The summed E-state index contributed by atoms with van der Waals surface area (Å²) < 4.78 is 10.7. The Morgan fingerprint density at radius 2 is 1.76 bits per heavy atom. The number of carbonyl (C=O) groups excluding carboxylic acids is 1. The van der Waals surface area contributed by atoms with Crippen molar-refractivity contribution in [2.45, 2.75) is 19.1 Å². The Balaban J connectivity index is 1.29. The molecular weight excluding hydrogens is 468 g/mol. The number of aromatic nitrogens is 2. The average Bonchev–Trinajstić information content (AvgIpc) is 3.42. The third-order valence-corrected chi connectivity index (χ3v) is 6.16. The van der Waals surface area contributed by atoms with Crippen molar-refractivity contribution >= 4 is 11.9 Å². The Kier molecular flexibility index (Phi) is 7.28. The molecule has 3 aromatic carbocycles. The molecule has 188 valence electrons. The van der Waals surface area contributed by atoms with E-state index in [9.17, 15) is 9.90 Å². The topological polar surface area (TPSA) is 96.8 Å². The highest BCUT2D eigenvalue weighted by atomic mass is 16.7. The van der Waals surface area contributed by atoms with Crippen LogP contribution in [0, 0.1) is 0 Å². The van der Waals surface area contributed by atoms with Crippen molar-refractivity contribution in [3.8, 4) is 22.8 Å². The second-order valence-corrected chi connectivity index (χ2v) is 8.81. The van der Waals surface area contributed by atoms with E-state index in [-0.39, 0.29) is 19.2 Å². The third-order valence-electron chi connectivity index (χ3n) is 6.16. The predicted octanol–water partition coefficient (Wildman–Crippen LogP) is 4.36. The van der Waals surface area contributed by atoms with Crippen molar-refractivity contribution in [1.29, 1.82) is 0 Å². The van der Waals surface area contributed by atoms with E-state index in [4.69, 9.17) is 14.5 Å². The lowest BCUT2D eigenvalue weighted by molar-refractivity contribution is 0.0942. The number of carbonyl (C=O) groups is 1. The Hall–Kier alpha value is -4.43. The summed E-state index contributed by atoms with van der Waals surface area (Å²) in [5, 5.41) is 13.5. The second-order valence-electron chi connectivity index (χ2n) is 8.81. The van der Waals surface area contributed by atoms with Crippen molar-refractivity contribution in [2.75, 3.05) is 25.3 Å². The SMILES string of the molecule is CN(Cc1ccccc1)c1ncc(C(=O)NCCC(O)c2ccc3c(c2)OCO3)c(-c2ccccc2)n1. The van der Waals surface area contributed by atoms with Crippen LogP contribution < -0.4 is 19.7 Å². The summed E-state index contributed by atoms with van der Waals surface area (Å²) >= 11 is 0. The number of fused-ring (bicyclic) bond motifs is 1. The number of hydrogen-bond acceptors (Lipinski definition) is 7. The molecule has 5 rings (SSSR count). The maximum absolute atomic E-state index is 13.2. The molecule has 0 spiro atoms. The first-order valence-corrected chi connectivity index (χ1v) is 12.1. The summed E-state index contributed by atoms with van der Waals surface area (Å²) in [5.74, 6) is 1.50. The third kappa shape index (κ3) is 5.70. The molecular formula is C29H28N4O4. The number of nitrogens with zero attached hydrogens (tertiary/aromatic N) is 3. The standard InChI is InChI=1S/C29H28N4O4/c1-33(18-20-8-4-2-5-9-20)29-31-17-23(27(32-29)21-10-6-3-7-11-21)28(35)30-15-14-24(34)22-12-13-25-26(16-22)37-19-36-25/h2-13,16-17,24,34H,14-15,18-19H2,1H3,(H,30,35). The minimum absolute atomic E-state index is 0.178. The van der Waals surface area contributed by atoms with Crippen LogP contribution in [0.25, 0.3) is 11.3 Å². The number of amides is 1. The van der Waals surface area contributed by atoms with Crippen LogP contribution in [-0.4, -0.2) is 41.4 Å². The molecule has 1 aromatic heterocycles. The average molecular weight is 497 g/mol. The lowest BCUT2D eigenvalue weighted by atomic mass is 10.1. The molecule has 8 heteroatoms.